The van der Waals surface area contributed by atoms with Crippen molar-refractivity contribution in [2.75, 3.05) is 0 Å². The molecule has 2 rings (SSSR count). The minimum absolute atomic E-state index is 0.461. The number of nitrogens with one attached hydrogen (secondary N) is 1. The molecule has 0 fully saturated rings. The van der Waals surface area contributed by atoms with Crippen molar-refractivity contribution in [2.45, 2.75) is 59.5 Å². The second-order valence-electron chi connectivity index (χ2n) is 6.07. The topological polar surface area (TPSA) is 24.9 Å². The van der Waals surface area contributed by atoms with Gasteiger partial charge in [-0.2, -0.15) is 0 Å². The summed E-state index contributed by atoms with van der Waals surface area (Å²) in [4.78, 5) is 4.80. The Labute approximate surface area is 122 Å². The van der Waals surface area contributed by atoms with Gasteiger partial charge in [-0.25, -0.2) is 0 Å². The molecule has 0 saturated heterocycles. The van der Waals surface area contributed by atoms with Gasteiger partial charge in [-0.3, -0.25) is 4.98 Å². The molecule has 2 aromatic rings. The predicted molar refractivity (Wildman–Crippen MR) is 87.2 cm³/mol. The highest BCUT2D eigenvalue weighted by Gasteiger charge is 2.09. The van der Waals surface area contributed by atoms with Crippen molar-refractivity contribution in [3.05, 3.63) is 41.1 Å². The second-order valence-corrected chi connectivity index (χ2v) is 6.07. The maximum absolute atomic E-state index is 4.80. The Morgan fingerprint density at radius 3 is 2.55 bits per heavy atom. The highest BCUT2D eigenvalue weighted by Crippen LogP contribution is 2.23. The summed E-state index contributed by atoms with van der Waals surface area (Å²) in [6, 6.07) is 9.35. The van der Waals surface area contributed by atoms with Gasteiger partial charge in [0.25, 0.3) is 0 Å². The fourth-order valence-corrected chi connectivity index (χ4v) is 2.30. The van der Waals surface area contributed by atoms with E-state index in [4.69, 9.17) is 4.98 Å². The van der Waals surface area contributed by atoms with E-state index in [0.29, 0.717) is 12.0 Å². The quantitative estimate of drug-likeness (QED) is 0.862. The summed E-state index contributed by atoms with van der Waals surface area (Å²) in [6.07, 6.45) is 1.15. The van der Waals surface area contributed by atoms with Crippen LogP contribution < -0.4 is 5.32 Å². The average Bonchev–Trinajstić information content (AvgIpc) is 2.44. The molecule has 20 heavy (non-hydrogen) atoms. The number of rotatable bonds is 5. The van der Waals surface area contributed by atoms with Gasteiger partial charge in [-0.05, 0) is 49.9 Å². The lowest BCUT2D eigenvalue weighted by molar-refractivity contribution is 0.535. The third-order valence-corrected chi connectivity index (χ3v) is 3.91. The molecule has 0 saturated carbocycles. The minimum atomic E-state index is 0.461. The van der Waals surface area contributed by atoms with Crippen LogP contribution in [0.15, 0.2) is 24.3 Å². The molecule has 1 unspecified atom stereocenters. The maximum atomic E-state index is 4.80. The zero-order valence-corrected chi connectivity index (χ0v) is 13.3. The summed E-state index contributed by atoms with van der Waals surface area (Å²) in [7, 11) is 0. The Bertz CT molecular complexity index is 587. The van der Waals surface area contributed by atoms with Gasteiger partial charge in [0, 0.05) is 23.7 Å². The zero-order chi connectivity index (χ0) is 14.7. The highest BCUT2D eigenvalue weighted by atomic mass is 14.9. The molecular formula is C18H26N2. The van der Waals surface area contributed by atoms with Crippen molar-refractivity contribution < 1.29 is 0 Å². The van der Waals surface area contributed by atoms with Gasteiger partial charge in [0.1, 0.15) is 0 Å². The standard InChI is InChI=1S/C18H26N2/c1-6-14(5)19-11-15-10-18(12(2)3)20-17-8-7-13(4)9-16(15)17/h7-10,12,14,19H,6,11H2,1-5H3. The van der Waals surface area contributed by atoms with Crippen molar-refractivity contribution in [1.82, 2.24) is 10.3 Å². The van der Waals surface area contributed by atoms with Crippen LogP contribution in [0.5, 0.6) is 0 Å². The number of aromatic nitrogens is 1. The van der Waals surface area contributed by atoms with Crippen LogP contribution in [-0.2, 0) is 6.54 Å². The molecule has 0 aliphatic carbocycles. The van der Waals surface area contributed by atoms with Gasteiger partial charge in [0.15, 0.2) is 0 Å². The van der Waals surface area contributed by atoms with Crippen LogP contribution in [0.3, 0.4) is 0 Å². The third kappa shape index (κ3) is 3.37. The summed E-state index contributed by atoms with van der Waals surface area (Å²) >= 11 is 0. The van der Waals surface area contributed by atoms with Crippen molar-refractivity contribution in [2.24, 2.45) is 0 Å². The van der Waals surface area contributed by atoms with E-state index in [9.17, 15) is 0 Å². The number of pyridine rings is 1. The Morgan fingerprint density at radius 1 is 1.15 bits per heavy atom. The lowest BCUT2D eigenvalue weighted by atomic mass is 10.0. The van der Waals surface area contributed by atoms with Crippen LogP contribution in [0.1, 0.15) is 56.9 Å². The normalized spacial score (nSPS) is 13.1. The van der Waals surface area contributed by atoms with E-state index in [-0.39, 0.29) is 0 Å². The Morgan fingerprint density at radius 2 is 1.90 bits per heavy atom. The minimum Gasteiger partial charge on any atom is -0.310 e. The molecule has 2 nitrogen and oxygen atoms in total. The maximum Gasteiger partial charge on any atom is 0.0708 e. The zero-order valence-electron chi connectivity index (χ0n) is 13.3. The summed E-state index contributed by atoms with van der Waals surface area (Å²) in [5, 5.41) is 4.88. The van der Waals surface area contributed by atoms with E-state index >= 15 is 0 Å². The molecule has 1 aromatic carbocycles. The molecule has 0 spiro atoms. The first-order valence-corrected chi connectivity index (χ1v) is 7.64. The average molecular weight is 270 g/mol. The van der Waals surface area contributed by atoms with Gasteiger partial charge in [0.2, 0.25) is 0 Å². The first-order valence-electron chi connectivity index (χ1n) is 7.64. The molecule has 0 aliphatic rings. The number of nitrogens with zero attached hydrogens (tertiary/aromatic N) is 1. The van der Waals surface area contributed by atoms with Crippen LogP contribution in [0.4, 0.5) is 0 Å². The number of hydrogen-bond donors (Lipinski definition) is 1. The van der Waals surface area contributed by atoms with Crippen molar-refractivity contribution in [3.8, 4) is 0 Å². The Hall–Kier alpha value is -1.41. The van der Waals surface area contributed by atoms with E-state index in [1.165, 1.54) is 22.2 Å². The summed E-state index contributed by atoms with van der Waals surface area (Å²) in [6.45, 7) is 11.9. The van der Waals surface area contributed by atoms with Crippen molar-refractivity contribution in [3.63, 3.8) is 0 Å². The molecule has 1 heterocycles. The van der Waals surface area contributed by atoms with Crippen LogP contribution >= 0.6 is 0 Å². The van der Waals surface area contributed by atoms with Crippen LogP contribution in [0.25, 0.3) is 10.9 Å². The lowest BCUT2D eigenvalue weighted by Gasteiger charge is -2.15. The van der Waals surface area contributed by atoms with E-state index in [1.807, 2.05) is 0 Å². The fourth-order valence-electron chi connectivity index (χ4n) is 2.30. The van der Waals surface area contributed by atoms with Gasteiger partial charge < -0.3 is 5.32 Å². The van der Waals surface area contributed by atoms with Crippen molar-refractivity contribution >= 4 is 10.9 Å². The molecule has 1 N–H and O–H groups in total. The third-order valence-electron chi connectivity index (χ3n) is 3.91. The smallest absolute Gasteiger partial charge is 0.0708 e. The van der Waals surface area contributed by atoms with Gasteiger partial charge in [-0.15, -0.1) is 0 Å². The van der Waals surface area contributed by atoms with Gasteiger partial charge in [-0.1, -0.05) is 32.4 Å². The number of aryl methyl sites for hydroxylation is 1. The number of benzene rings is 1. The van der Waals surface area contributed by atoms with E-state index in [2.05, 4.69) is 64.2 Å². The molecule has 1 aromatic heterocycles. The summed E-state index contributed by atoms with van der Waals surface area (Å²) < 4.78 is 0. The van der Waals surface area contributed by atoms with Crippen LogP contribution in [0.2, 0.25) is 0 Å². The first-order chi connectivity index (χ1) is 9.51. The van der Waals surface area contributed by atoms with E-state index in [0.717, 1.165) is 18.5 Å². The monoisotopic (exact) mass is 270 g/mol. The molecule has 108 valence electrons. The molecule has 1 atom stereocenters. The Kier molecular flexibility index (Phi) is 4.77. The van der Waals surface area contributed by atoms with Crippen molar-refractivity contribution in [1.29, 1.82) is 0 Å². The molecule has 0 bridgehead atoms. The number of fused-ring (bicyclic) bond motifs is 1. The highest BCUT2D eigenvalue weighted by molar-refractivity contribution is 5.83. The van der Waals surface area contributed by atoms with E-state index < -0.39 is 0 Å². The second kappa shape index (κ2) is 6.36. The van der Waals surface area contributed by atoms with Crippen LogP contribution in [0, 0.1) is 6.92 Å². The molecule has 0 aliphatic heterocycles. The first kappa shape index (κ1) is 15.0. The fraction of sp³-hybridized carbons (Fsp3) is 0.500. The molecule has 0 amide bonds. The molecule has 0 radical (unpaired) electrons. The lowest BCUT2D eigenvalue weighted by Crippen LogP contribution is -2.24. The SMILES string of the molecule is CCC(C)NCc1cc(C(C)C)nc2ccc(C)cc12. The summed E-state index contributed by atoms with van der Waals surface area (Å²) in [5.41, 5.74) is 4.95. The number of hydrogen-bond acceptors (Lipinski definition) is 2. The predicted octanol–water partition coefficient (Wildman–Crippen LogP) is 4.55. The Balaban J connectivity index is 2.45. The summed E-state index contributed by atoms with van der Waals surface area (Å²) in [5.74, 6) is 0.461. The van der Waals surface area contributed by atoms with Crippen LogP contribution in [-0.4, -0.2) is 11.0 Å². The van der Waals surface area contributed by atoms with Gasteiger partial charge in [0.05, 0.1) is 5.52 Å². The molecule has 2 heteroatoms. The van der Waals surface area contributed by atoms with E-state index in [1.54, 1.807) is 0 Å². The van der Waals surface area contributed by atoms with Gasteiger partial charge >= 0.3 is 0 Å². The largest absolute Gasteiger partial charge is 0.310 e. The molecular weight excluding hydrogens is 244 g/mol.